The summed E-state index contributed by atoms with van der Waals surface area (Å²) in [6.45, 7) is 4.63. The van der Waals surface area contributed by atoms with Crippen LogP contribution in [0.3, 0.4) is 0 Å². The third-order valence-electron chi connectivity index (χ3n) is 4.19. The molecule has 0 atom stereocenters. The Morgan fingerprint density at radius 1 is 1.22 bits per heavy atom. The topological polar surface area (TPSA) is 81.3 Å². The van der Waals surface area contributed by atoms with Crippen molar-refractivity contribution in [2.75, 3.05) is 26.4 Å². The van der Waals surface area contributed by atoms with Crippen LogP contribution in [0.25, 0.3) is 11.3 Å². The van der Waals surface area contributed by atoms with Crippen molar-refractivity contribution >= 4 is 27.8 Å². The van der Waals surface area contributed by atoms with E-state index in [2.05, 4.69) is 32.8 Å². The number of anilines is 1. The third-order valence-corrected chi connectivity index (χ3v) is 4.81. The number of nitrogen functional groups attached to an aromatic ring is 1. The Hall–Kier alpha value is -2.15. The van der Waals surface area contributed by atoms with Crippen molar-refractivity contribution in [3.05, 3.63) is 33.9 Å². The molecule has 0 saturated heterocycles. The van der Waals surface area contributed by atoms with Gasteiger partial charge in [-0.25, -0.2) is 9.97 Å². The lowest BCUT2D eigenvalue weighted by Gasteiger charge is -2.16. The van der Waals surface area contributed by atoms with E-state index in [4.69, 9.17) is 10.5 Å². The van der Waals surface area contributed by atoms with Gasteiger partial charge in [0.2, 0.25) is 5.95 Å². The van der Waals surface area contributed by atoms with Gasteiger partial charge in [-0.15, -0.1) is 0 Å². The van der Waals surface area contributed by atoms with E-state index in [1.54, 1.807) is 21.0 Å². The van der Waals surface area contributed by atoms with E-state index in [0.717, 1.165) is 22.2 Å². The highest BCUT2D eigenvalue weighted by Crippen LogP contribution is 2.32. The first kappa shape index (κ1) is 21.2. The molecule has 6 nitrogen and oxygen atoms in total. The number of aromatic nitrogens is 2. The number of rotatable bonds is 8. The minimum absolute atomic E-state index is 0.144. The maximum Gasteiger partial charge on any atom is 0.257 e. The van der Waals surface area contributed by atoms with Crippen molar-refractivity contribution in [2.45, 2.75) is 39.5 Å². The molecule has 0 radical (unpaired) electrons. The molecule has 0 saturated carbocycles. The van der Waals surface area contributed by atoms with Crippen molar-refractivity contribution in [3.63, 3.8) is 0 Å². The van der Waals surface area contributed by atoms with Crippen LogP contribution in [0.15, 0.2) is 22.7 Å². The van der Waals surface area contributed by atoms with Crippen molar-refractivity contribution < 1.29 is 9.53 Å². The molecule has 1 heterocycles. The van der Waals surface area contributed by atoms with Gasteiger partial charge < -0.3 is 15.4 Å². The molecule has 0 fully saturated rings. The second-order valence-corrected chi connectivity index (χ2v) is 7.50. The first-order valence-electron chi connectivity index (χ1n) is 9.13. The monoisotopic (exact) mass is 434 g/mol. The summed E-state index contributed by atoms with van der Waals surface area (Å²) in [5.74, 6) is 0.759. The summed E-state index contributed by atoms with van der Waals surface area (Å²) < 4.78 is 6.67. The Kier molecular flexibility index (Phi) is 7.59. The van der Waals surface area contributed by atoms with Gasteiger partial charge in [0.25, 0.3) is 5.91 Å². The fourth-order valence-corrected chi connectivity index (χ4v) is 3.25. The van der Waals surface area contributed by atoms with Crippen LogP contribution >= 0.6 is 15.9 Å². The molecule has 2 N–H and O–H groups in total. The molecular formula is C20H27BrN4O2. The standard InChI is InChI=1S/C20H27BrN4O2/c1-5-6-7-8-11-27-16-10-9-14(12-15(16)21)18-17(19(26)25(3)4)13(2)23-20(22)24-18/h9-10,12H,5-8,11H2,1-4H3,(H2,22,23,24). The molecule has 2 aromatic rings. The number of hydrogen-bond acceptors (Lipinski definition) is 5. The van der Waals surface area contributed by atoms with Crippen LogP contribution in [0.4, 0.5) is 5.95 Å². The van der Waals surface area contributed by atoms with E-state index in [0.29, 0.717) is 23.6 Å². The lowest BCUT2D eigenvalue weighted by atomic mass is 10.0. The molecule has 0 aliphatic heterocycles. The Morgan fingerprint density at radius 2 is 1.96 bits per heavy atom. The predicted molar refractivity (Wildman–Crippen MR) is 112 cm³/mol. The molecule has 0 unspecified atom stereocenters. The van der Waals surface area contributed by atoms with Crippen molar-refractivity contribution in [1.82, 2.24) is 14.9 Å². The van der Waals surface area contributed by atoms with E-state index < -0.39 is 0 Å². The number of ether oxygens (including phenoxy) is 1. The smallest absolute Gasteiger partial charge is 0.257 e. The summed E-state index contributed by atoms with van der Waals surface area (Å²) in [7, 11) is 3.40. The van der Waals surface area contributed by atoms with Crippen LogP contribution < -0.4 is 10.5 Å². The van der Waals surface area contributed by atoms with Gasteiger partial charge in [-0.2, -0.15) is 0 Å². The summed E-state index contributed by atoms with van der Waals surface area (Å²) in [5.41, 5.74) is 8.15. The van der Waals surface area contributed by atoms with Crippen LogP contribution in [0.2, 0.25) is 0 Å². The molecule has 0 spiro atoms. The number of aryl methyl sites for hydroxylation is 1. The van der Waals surface area contributed by atoms with Crippen molar-refractivity contribution in [2.24, 2.45) is 0 Å². The van der Waals surface area contributed by atoms with Gasteiger partial charge in [-0.3, -0.25) is 4.79 Å². The number of carbonyl (C=O) groups excluding carboxylic acids is 1. The van der Waals surface area contributed by atoms with Crippen LogP contribution in [-0.2, 0) is 0 Å². The zero-order chi connectivity index (χ0) is 20.0. The number of nitrogens with zero attached hydrogens (tertiary/aromatic N) is 3. The highest BCUT2D eigenvalue weighted by molar-refractivity contribution is 9.10. The normalized spacial score (nSPS) is 10.7. The van der Waals surface area contributed by atoms with E-state index in [1.165, 1.54) is 24.2 Å². The van der Waals surface area contributed by atoms with Gasteiger partial charge in [0, 0.05) is 19.7 Å². The van der Waals surface area contributed by atoms with Gasteiger partial charge in [0.15, 0.2) is 0 Å². The highest BCUT2D eigenvalue weighted by Gasteiger charge is 2.21. The quantitative estimate of drug-likeness (QED) is 0.620. The number of amides is 1. The minimum atomic E-state index is -0.158. The van der Waals surface area contributed by atoms with Crippen molar-refractivity contribution in [3.8, 4) is 17.0 Å². The van der Waals surface area contributed by atoms with Crippen LogP contribution in [0.5, 0.6) is 5.75 Å². The van der Waals surface area contributed by atoms with Crippen LogP contribution in [-0.4, -0.2) is 41.5 Å². The van der Waals surface area contributed by atoms with E-state index in [9.17, 15) is 4.79 Å². The number of nitrogens with two attached hydrogens (primary N) is 1. The number of halogens is 1. The fourth-order valence-electron chi connectivity index (χ4n) is 2.76. The van der Waals surface area contributed by atoms with E-state index >= 15 is 0 Å². The van der Waals surface area contributed by atoms with Gasteiger partial charge in [0.05, 0.1) is 28.0 Å². The van der Waals surface area contributed by atoms with E-state index in [-0.39, 0.29) is 11.9 Å². The second-order valence-electron chi connectivity index (χ2n) is 6.64. The van der Waals surface area contributed by atoms with Gasteiger partial charge in [-0.05, 0) is 47.5 Å². The molecule has 2 rings (SSSR count). The van der Waals surface area contributed by atoms with Crippen molar-refractivity contribution in [1.29, 1.82) is 0 Å². The molecular weight excluding hydrogens is 408 g/mol. The largest absolute Gasteiger partial charge is 0.492 e. The SMILES string of the molecule is CCCCCCOc1ccc(-c2nc(N)nc(C)c2C(=O)N(C)C)cc1Br. The summed E-state index contributed by atoms with van der Waals surface area (Å²) in [4.78, 5) is 22.6. The highest BCUT2D eigenvalue weighted by atomic mass is 79.9. The molecule has 27 heavy (non-hydrogen) atoms. The third kappa shape index (κ3) is 5.42. The maximum absolute atomic E-state index is 12.6. The average Bonchev–Trinajstić information content (AvgIpc) is 2.61. The number of benzene rings is 1. The molecule has 1 aromatic carbocycles. The molecule has 1 aromatic heterocycles. The summed E-state index contributed by atoms with van der Waals surface area (Å²) in [6, 6.07) is 5.67. The van der Waals surface area contributed by atoms with Gasteiger partial charge >= 0.3 is 0 Å². The second kappa shape index (κ2) is 9.69. The first-order chi connectivity index (χ1) is 12.8. The fraction of sp³-hybridized carbons (Fsp3) is 0.450. The summed E-state index contributed by atoms with van der Waals surface area (Å²) >= 11 is 3.56. The first-order valence-corrected chi connectivity index (χ1v) is 9.93. The number of hydrogen-bond donors (Lipinski definition) is 1. The molecule has 146 valence electrons. The summed E-state index contributed by atoms with van der Waals surface area (Å²) in [6.07, 6.45) is 4.63. The molecule has 0 aliphatic rings. The zero-order valence-corrected chi connectivity index (χ0v) is 18.0. The Bertz CT molecular complexity index is 809. The maximum atomic E-state index is 12.6. The zero-order valence-electron chi connectivity index (χ0n) is 16.4. The van der Waals surface area contributed by atoms with Gasteiger partial charge in [0.1, 0.15) is 5.75 Å². The predicted octanol–water partition coefficient (Wildman–Crippen LogP) is 4.46. The minimum Gasteiger partial charge on any atom is -0.492 e. The molecule has 0 aliphatic carbocycles. The Labute approximate surface area is 169 Å². The van der Waals surface area contributed by atoms with Crippen LogP contribution in [0, 0.1) is 6.92 Å². The Balaban J connectivity index is 2.31. The van der Waals surface area contributed by atoms with Crippen LogP contribution in [0.1, 0.15) is 48.7 Å². The number of unbranched alkanes of at least 4 members (excludes halogenated alkanes) is 3. The molecule has 7 heteroatoms. The molecule has 0 bridgehead atoms. The average molecular weight is 435 g/mol. The lowest BCUT2D eigenvalue weighted by molar-refractivity contribution is 0.0827. The Morgan fingerprint density at radius 3 is 2.59 bits per heavy atom. The lowest BCUT2D eigenvalue weighted by Crippen LogP contribution is -2.24. The number of carbonyl (C=O) groups is 1. The van der Waals surface area contributed by atoms with E-state index in [1.807, 2.05) is 18.2 Å². The molecule has 1 amide bonds. The summed E-state index contributed by atoms with van der Waals surface area (Å²) in [5, 5.41) is 0. The van der Waals surface area contributed by atoms with Gasteiger partial charge in [-0.1, -0.05) is 26.2 Å².